The van der Waals surface area contributed by atoms with E-state index < -0.39 is 16.7 Å². The van der Waals surface area contributed by atoms with Crippen molar-refractivity contribution in [2.24, 2.45) is 5.92 Å². The van der Waals surface area contributed by atoms with E-state index in [1.54, 1.807) is 12.1 Å². The third-order valence-electron chi connectivity index (χ3n) is 3.37. The fourth-order valence-corrected chi connectivity index (χ4v) is 3.01. The van der Waals surface area contributed by atoms with E-state index in [1.165, 1.54) is 12.1 Å². The third kappa shape index (κ3) is 5.42. The summed E-state index contributed by atoms with van der Waals surface area (Å²) in [6.07, 6.45) is 2.33. The van der Waals surface area contributed by atoms with Gasteiger partial charge in [0.15, 0.2) is 5.78 Å². The summed E-state index contributed by atoms with van der Waals surface area (Å²) in [5.74, 6) is 0.283. The van der Waals surface area contributed by atoms with E-state index in [4.69, 9.17) is 8.92 Å². The van der Waals surface area contributed by atoms with Crippen molar-refractivity contribution in [1.29, 1.82) is 0 Å². The van der Waals surface area contributed by atoms with Crippen LogP contribution in [-0.2, 0) is 19.1 Å². The summed E-state index contributed by atoms with van der Waals surface area (Å²) in [7, 11) is -3.92. The van der Waals surface area contributed by atoms with Crippen LogP contribution in [0.25, 0.3) is 0 Å². The monoisotopic (exact) mass is 328 g/mol. The second kappa shape index (κ2) is 8.90. The Hall–Kier alpha value is -1.40. The summed E-state index contributed by atoms with van der Waals surface area (Å²) >= 11 is 0. The molecule has 0 saturated heterocycles. The molecule has 0 N–H and O–H groups in total. The number of rotatable bonds is 10. The Bertz CT molecular complexity index is 563. The molecule has 1 atom stereocenters. The maximum Gasteiger partial charge on any atom is 0.297 e. The Labute approximate surface area is 132 Å². The molecule has 0 amide bonds. The highest BCUT2D eigenvalue weighted by Crippen LogP contribution is 2.19. The minimum absolute atomic E-state index is 0.0206. The average Bonchev–Trinajstić information content (AvgIpc) is 2.51. The first kappa shape index (κ1) is 18.6. The molecule has 1 aromatic carbocycles. The van der Waals surface area contributed by atoms with E-state index in [-0.39, 0.29) is 16.6 Å². The molecule has 0 aliphatic heterocycles. The maximum atomic E-state index is 12.1. The Morgan fingerprint density at radius 1 is 1.14 bits per heavy atom. The van der Waals surface area contributed by atoms with Crippen LogP contribution in [-0.4, -0.2) is 27.4 Å². The number of carbonyl (C=O) groups is 1. The molecule has 5 nitrogen and oxygen atoms in total. The molecule has 0 heterocycles. The molecule has 0 spiro atoms. The highest BCUT2D eigenvalue weighted by molar-refractivity contribution is 7.86. The van der Waals surface area contributed by atoms with Gasteiger partial charge in [-0.15, -0.1) is 0 Å². The lowest BCUT2D eigenvalue weighted by atomic mass is 9.96. The molecule has 6 heteroatoms. The topological polar surface area (TPSA) is 69.7 Å². The fraction of sp³-hybridized carbons (Fsp3) is 0.562. The molecule has 0 fully saturated rings. The average molecular weight is 328 g/mol. The summed E-state index contributed by atoms with van der Waals surface area (Å²) in [5.41, 5.74) is 0. The summed E-state index contributed by atoms with van der Waals surface area (Å²) in [4.78, 5) is 12.0. The molecule has 0 aliphatic rings. The minimum Gasteiger partial charge on any atom is -0.494 e. The van der Waals surface area contributed by atoms with E-state index >= 15 is 0 Å². The van der Waals surface area contributed by atoms with Gasteiger partial charge >= 0.3 is 0 Å². The Kier molecular flexibility index (Phi) is 7.55. The Morgan fingerprint density at radius 3 is 2.27 bits per heavy atom. The van der Waals surface area contributed by atoms with Gasteiger partial charge in [0.1, 0.15) is 12.4 Å². The van der Waals surface area contributed by atoms with Crippen molar-refractivity contribution in [1.82, 2.24) is 0 Å². The molecule has 1 aromatic rings. The van der Waals surface area contributed by atoms with Crippen molar-refractivity contribution in [2.45, 2.75) is 44.9 Å². The lowest BCUT2D eigenvalue weighted by Gasteiger charge is -2.12. The maximum absolute atomic E-state index is 12.1. The molecular formula is C16H24O5S. The predicted octanol–water partition coefficient (Wildman–Crippen LogP) is 3.19. The molecule has 0 aliphatic carbocycles. The highest BCUT2D eigenvalue weighted by Gasteiger charge is 2.21. The molecule has 0 radical (unpaired) electrons. The standard InChI is InChI=1S/C16H24O5S/c1-4-7-13(5-2)16(17)12-21-22(18,19)15-10-8-14(9-11-15)20-6-3/h8-11,13H,4-7,12H2,1-3H3. The van der Waals surface area contributed by atoms with Crippen molar-refractivity contribution in [2.75, 3.05) is 13.2 Å². The van der Waals surface area contributed by atoms with Gasteiger partial charge in [-0.05, 0) is 44.0 Å². The molecule has 1 unspecified atom stereocenters. The zero-order valence-corrected chi connectivity index (χ0v) is 14.2. The van der Waals surface area contributed by atoms with Gasteiger partial charge in [0.2, 0.25) is 0 Å². The highest BCUT2D eigenvalue weighted by atomic mass is 32.2. The normalized spacial score (nSPS) is 12.9. The van der Waals surface area contributed by atoms with Crippen LogP contribution in [0.2, 0.25) is 0 Å². The summed E-state index contributed by atoms with van der Waals surface area (Å²) < 4.78 is 34.3. The van der Waals surface area contributed by atoms with Gasteiger partial charge in [0.25, 0.3) is 10.1 Å². The number of Topliss-reactive ketones (excluding diaryl/α,β-unsaturated/α-hetero) is 1. The van der Waals surface area contributed by atoms with Crippen molar-refractivity contribution >= 4 is 15.9 Å². The molecule has 0 saturated carbocycles. The van der Waals surface area contributed by atoms with Crippen LogP contribution >= 0.6 is 0 Å². The van der Waals surface area contributed by atoms with Crippen LogP contribution in [0, 0.1) is 5.92 Å². The largest absolute Gasteiger partial charge is 0.494 e. The van der Waals surface area contributed by atoms with E-state index in [0.29, 0.717) is 18.8 Å². The van der Waals surface area contributed by atoms with E-state index in [9.17, 15) is 13.2 Å². The molecule has 22 heavy (non-hydrogen) atoms. The zero-order chi connectivity index (χ0) is 16.6. The van der Waals surface area contributed by atoms with Crippen LogP contribution in [0.3, 0.4) is 0 Å². The zero-order valence-electron chi connectivity index (χ0n) is 13.4. The smallest absolute Gasteiger partial charge is 0.297 e. The van der Waals surface area contributed by atoms with Crippen LogP contribution < -0.4 is 4.74 Å². The first-order valence-electron chi connectivity index (χ1n) is 7.59. The van der Waals surface area contributed by atoms with Gasteiger partial charge in [-0.3, -0.25) is 8.98 Å². The fourth-order valence-electron chi connectivity index (χ4n) is 2.13. The number of hydrogen-bond acceptors (Lipinski definition) is 5. The molecule has 1 rings (SSSR count). The van der Waals surface area contributed by atoms with Crippen molar-refractivity contribution < 1.29 is 22.1 Å². The first-order chi connectivity index (χ1) is 10.4. The van der Waals surface area contributed by atoms with Gasteiger partial charge in [-0.25, -0.2) is 0 Å². The van der Waals surface area contributed by atoms with Gasteiger partial charge in [-0.1, -0.05) is 20.3 Å². The SMILES string of the molecule is CCCC(CC)C(=O)COS(=O)(=O)c1ccc(OCC)cc1. The van der Waals surface area contributed by atoms with Crippen LogP contribution in [0.5, 0.6) is 5.75 Å². The molecular weight excluding hydrogens is 304 g/mol. The molecule has 0 aromatic heterocycles. The second-order valence-electron chi connectivity index (χ2n) is 4.98. The molecule has 0 bridgehead atoms. The molecule has 124 valence electrons. The van der Waals surface area contributed by atoms with Crippen molar-refractivity contribution in [3.05, 3.63) is 24.3 Å². The van der Waals surface area contributed by atoms with Gasteiger partial charge < -0.3 is 4.74 Å². The number of ether oxygens (including phenoxy) is 1. The predicted molar refractivity (Wildman–Crippen MR) is 84.4 cm³/mol. The van der Waals surface area contributed by atoms with E-state index in [0.717, 1.165) is 12.8 Å². The van der Waals surface area contributed by atoms with Crippen molar-refractivity contribution in [3.63, 3.8) is 0 Å². The summed E-state index contributed by atoms with van der Waals surface area (Å²) in [5, 5.41) is 0. The Morgan fingerprint density at radius 2 is 1.77 bits per heavy atom. The number of hydrogen-bond donors (Lipinski definition) is 0. The quantitative estimate of drug-likeness (QED) is 0.617. The second-order valence-corrected chi connectivity index (χ2v) is 6.60. The number of ketones is 1. The first-order valence-corrected chi connectivity index (χ1v) is 9.00. The van der Waals surface area contributed by atoms with Gasteiger partial charge in [0, 0.05) is 5.92 Å². The van der Waals surface area contributed by atoms with Crippen LogP contribution in [0.4, 0.5) is 0 Å². The van der Waals surface area contributed by atoms with E-state index in [1.807, 2.05) is 20.8 Å². The van der Waals surface area contributed by atoms with Gasteiger partial charge in [-0.2, -0.15) is 8.42 Å². The number of carbonyl (C=O) groups excluding carboxylic acids is 1. The third-order valence-corrected chi connectivity index (χ3v) is 4.64. The Balaban J connectivity index is 2.69. The van der Waals surface area contributed by atoms with Crippen molar-refractivity contribution in [3.8, 4) is 5.75 Å². The van der Waals surface area contributed by atoms with Crippen LogP contribution in [0.1, 0.15) is 40.0 Å². The summed E-state index contributed by atoms with van der Waals surface area (Å²) in [6, 6.07) is 5.95. The number of benzene rings is 1. The lowest BCUT2D eigenvalue weighted by molar-refractivity contribution is -0.125. The van der Waals surface area contributed by atoms with Gasteiger partial charge in [0.05, 0.1) is 11.5 Å². The lowest BCUT2D eigenvalue weighted by Crippen LogP contribution is -2.21. The van der Waals surface area contributed by atoms with Crippen LogP contribution in [0.15, 0.2) is 29.2 Å². The minimum atomic E-state index is -3.92. The summed E-state index contributed by atoms with van der Waals surface area (Å²) in [6.45, 7) is 5.85. The van der Waals surface area contributed by atoms with E-state index in [2.05, 4.69) is 0 Å².